The van der Waals surface area contributed by atoms with E-state index in [-0.39, 0.29) is 5.41 Å². The van der Waals surface area contributed by atoms with E-state index in [2.05, 4.69) is 64.6 Å². The number of pyridine rings is 2. The molecule has 30 heavy (non-hydrogen) atoms. The van der Waals surface area contributed by atoms with Gasteiger partial charge in [-0.1, -0.05) is 38.1 Å². The second-order valence-electron chi connectivity index (χ2n) is 8.85. The van der Waals surface area contributed by atoms with Crippen molar-refractivity contribution < 1.29 is 5.11 Å². The molecule has 4 heterocycles. The number of aliphatic hydroxyl groups is 1. The fraction of sp³-hybridized carbons (Fsp3) is 0.154. The molecule has 1 unspecified atom stereocenters. The number of hydrogen-bond acceptors (Lipinski definition) is 3. The molecule has 1 N–H and O–H groups in total. The third-order valence-corrected chi connectivity index (χ3v) is 7.04. The second-order valence-corrected chi connectivity index (χ2v) is 8.85. The van der Waals surface area contributed by atoms with Crippen LogP contribution in [0, 0.1) is 0 Å². The second kappa shape index (κ2) is 5.15. The average Bonchev–Trinajstić information content (AvgIpc) is 3.29. The lowest BCUT2D eigenvalue weighted by Gasteiger charge is -2.38. The summed E-state index contributed by atoms with van der Waals surface area (Å²) in [5.74, 6) is 0. The van der Waals surface area contributed by atoms with Crippen LogP contribution in [0.5, 0.6) is 0 Å². The maximum atomic E-state index is 11.5. The smallest absolute Gasteiger partial charge is 0.105 e. The van der Waals surface area contributed by atoms with Crippen LogP contribution in [0.2, 0.25) is 0 Å². The molecular weight excluding hydrogens is 370 g/mol. The third kappa shape index (κ3) is 1.69. The van der Waals surface area contributed by atoms with E-state index in [1.807, 2.05) is 30.9 Å². The molecule has 0 aliphatic heterocycles. The Morgan fingerprint density at radius 3 is 2.37 bits per heavy atom. The quantitative estimate of drug-likeness (QED) is 0.381. The zero-order valence-electron chi connectivity index (χ0n) is 16.7. The van der Waals surface area contributed by atoms with Crippen molar-refractivity contribution in [3.63, 3.8) is 0 Å². The minimum Gasteiger partial charge on any atom is -0.384 e. The predicted octanol–water partition coefficient (Wildman–Crippen LogP) is 5.35. The molecule has 0 saturated carbocycles. The molecule has 0 radical (unpaired) electrons. The Morgan fingerprint density at radius 1 is 0.867 bits per heavy atom. The van der Waals surface area contributed by atoms with Gasteiger partial charge in [-0.25, -0.2) is 0 Å². The third-order valence-electron chi connectivity index (χ3n) is 7.04. The predicted molar refractivity (Wildman–Crippen MR) is 119 cm³/mol. The summed E-state index contributed by atoms with van der Waals surface area (Å²) in [7, 11) is 0. The van der Waals surface area contributed by atoms with E-state index in [4.69, 9.17) is 0 Å². The molecule has 4 heteroatoms. The van der Waals surface area contributed by atoms with E-state index in [9.17, 15) is 5.11 Å². The van der Waals surface area contributed by atoms with E-state index in [1.54, 1.807) is 0 Å². The number of nitrogens with zero attached hydrogens (tertiary/aromatic N) is 3. The van der Waals surface area contributed by atoms with Gasteiger partial charge in [-0.3, -0.25) is 9.97 Å². The first kappa shape index (κ1) is 16.3. The molecule has 0 fully saturated rings. The van der Waals surface area contributed by atoms with Gasteiger partial charge in [-0.2, -0.15) is 0 Å². The van der Waals surface area contributed by atoms with Crippen molar-refractivity contribution in [2.75, 3.05) is 0 Å². The Kier molecular flexibility index (Phi) is 2.80. The van der Waals surface area contributed by atoms with Crippen LogP contribution in [-0.4, -0.2) is 19.5 Å². The number of fused-ring (bicyclic) bond motifs is 9. The van der Waals surface area contributed by atoms with Crippen molar-refractivity contribution in [2.24, 2.45) is 0 Å². The first-order valence-corrected chi connectivity index (χ1v) is 10.3. The first-order chi connectivity index (χ1) is 14.6. The molecule has 7 rings (SSSR count). The van der Waals surface area contributed by atoms with Gasteiger partial charge in [0, 0.05) is 39.4 Å². The van der Waals surface area contributed by atoms with Gasteiger partial charge in [0.05, 0.1) is 28.9 Å². The van der Waals surface area contributed by atoms with Gasteiger partial charge in [0.15, 0.2) is 0 Å². The standard InChI is InChI=1S/C26H19N3O/c1-26(2)19-6-4-3-5-15(19)25(30)18-11-17-14-7-9-27-12-20(14)29-21-13-28-10-8-16(21)22(23(18)26)24(17)29/h3-13,25,30H,1-2H3. The van der Waals surface area contributed by atoms with Gasteiger partial charge in [0.1, 0.15) is 6.10 Å². The van der Waals surface area contributed by atoms with Gasteiger partial charge in [0.2, 0.25) is 0 Å². The Morgan fingerprint density at radius 2 is 1.57 bits per heavy atom. The average molecular weight is 389 g/mol. The summed E-state index contributed by atoms with van der Waals surface area (Å²) >= 11 is 0. The summed E-state index contributed by atoms with van der Waals surface area (Å²) in [6.07, 6.45) is 6.92. The van der Waals surface area contributed by atoms with Crippen molar-refractivity contribution in [2.45, 2.75) is 25.4 Å². The lowest BCUT2D eigenvalue weighted by atomic mass is 9.66. The van der Waals surface area contributed by atoms with E-state index in [0.717, 1.165) is 32.9 Å². The molecule has 4 nitrogen and oxygen atoms in total. The van der Waals surface area contributed by atoms with Crippen LogP contribution in [0.15, 0.2) is 67.3 Å². The van der Waals surface area contributed by atoms with E-state index >= 15 is 0 Å². The summed E-state index contributed by atoms with van der Waals surface area (Å²) in [6.45, 7) is 4.54. The number of benzene rings is 2. The van der Waals surface area contributed by atoms with Crippen LogP contribution < -0.4 is 0 Å². The fourth-order valence-electron chi connectivity index (χ4n) is 5.83. The zero-order chi connectivity index (χ0) is 20.2. The number of hydrogen-bond donors (Lipinski definition) is 1. The van der Waals surface area contributed by atoms with Crippen LogP contribution in [0.4, 0.5) is 0 Å². The maximum Gasteiger partial charge on any atom is 0.105 e. The molecule has 0 bridgehead atoms. The molecule has 0 amide bonds. The van der Waals surface area contributed by atoms with Crippen molar-refractivity contribution in [3.8, 4) is 0 Å². The van der Waals surface area contributed by atoms with Crippen LogP contribution in [0.3, 0.4) is 0 Å². The van der Waals surface area contributed by atoms with Gasteiger partial charge in [-0.15, -0.1) is 0 Å². The van der Waals surface area contributed by atoms with Gasteiger partial charge in [-0.05, 0) is 40.5 Å². The lowest BCUT2D eigenvalue weighted by molar-refractivity contribution is 0.210. The van der Waals surface area contributed by atoms with E-state index < -0.39 is 6.10 Å². The molecule has 0 spiro atoms. The first-order valence-electron chi connectivity index (χ1n) is 10.3. The monoisotopic (exact) mass is 389 g/mol. The molecular formula is C26H19N3O. The van der Waals surface area contributed by atoms with Crippen LogP contribution in [0.25, 0.3) is 38.1 Å². The van der Waals surface area contributed by atoms with Crippen LogP contribution in [-0.2, 0) is 5.41 Å². The fourth-order valence-corrected chi connectivity index (χ4v) is 5.83. The summed E-state index contributed by atoms with van der Waals surface area (Å²) in [5, 5.41) is 16.2. The van der Waals surface area contributed by atoms with Gasteiger partial charge < -0.3 is 9.51 Å². The molecule has 1 atom stereocenters. The minimum atomic E-state index is -0.643. The van der Waals surface area contributed by atoms with Crippen molar-refractivity contribution in [1.82, 2.24) is 14.4 Å². The van der Waals surface area contributed by atoms with Gasteiger partial charge in [0.25, 0.3) is 0 Å². The molecule has 6 aromatic rings. The highest BCUT2D eigenvalue weighted by molar-refractivity contribution is 6.24. The number of rotatable bonds is 0. The maximum absolute atomic E-state index is 11.5. The van der Waals surface area contributed by atoms with Gasteiger partial charge >= 0.3 is 0 Å². The lowest BCUT2D eigenvalue weighted by Crippen LogP contribution is -2.29. The molecule has 1 aliphatic carbocycles. The summed E-state index contributed by atoms with van der Waals surface area (Å²) in [4.78, 5) is 8.82. The largest absolute Gasteiger partial charge is 0.384 e. The van der Waals surface area contributed by atoms with Crippen molar-refractivity contribution in [1.29, 1.82) is 0 Å². The van der Waals surface area contributed by atoms with Crippen molar-refractivity contribution in [3.05, 3.63) is 89.5 Å². The summed E-state index contributed by atoms with van der Waals surface area (Å²) < 4.78 is 2.29. The van der Waals surface area contributed by atoms with E-state index in [0.29, 0.717) is 0 Å². The Bertz CT molecular complexity index is 1640. The normalized spacial score (nSPS) is 17.8. The molecule has 144 valence electrons. The highest BCUT2D eigenvalue weighted by Crippen LogP contribution is 2.52. The van der Waals surface area contributed by atoms with Crippen molar-refractivity contribution >= 4 is 38.1 Å². The topological polar surface area (TPSA) is 50.4 Å². The highest BCUT2D eigenvalue weighted by atomic mass is 16.3. The molecule has 1 aliphatic rings. The summed E-state index contributed by atoms with van der Waals surface area (Å²) in [5.41, 5.74) is 7.52. The van der Waals surface area contributed by atoms with E-state index in [1.165, 1.54) is 27.4 Å². The van der Waals surface area contributed by atoms with Crippen LogP contribution >= 0.6 is 0 Å². The van der Waals surface area contributed by atoms with Crippen LogP contribution in [0.1, 0.15) is 42.2 Å². The molecule has 2 aromatic carbocycles. The molecule has 0 saturated heterocycles. The summed E-state index contributed by atoms with van der Waals surface area (Å²) in [6, 6.07) is 14.7. The molecule has 4 aromatic heterocycles. The number of aliphatic hydroxyl groups excluding tert-OH is 1. The Balaban J connectivity index is 1.82. The Labute approximate surface area is 172 Å². The Hall–Kier alpha value is -3.50. The number of aromatic nitrogens is 3. The zero-order valence-corrected chi connectivity index (χ0v) is 16.7. The minimum absolute atomic E-state index is 0.237. The SMILES string of the molecule is CC1(C)c2ccccc2C(O)c2cc3c4ccncc4n4c5cnccc5c(c21)c34. The highest BCUT2D eigenvalue weighted by Gasteiger charge is 2.39.